The minimum Gasteiger partial charge on any atom is -0.476 e. The fraction of sp³-hybridized carbons (Fsp3) is 0.393. The van der Waals surface area contributed by atoms with Gasteiger partial charge >= 0.3 is 6.18 Å². The highest BCUT2D eigenvalue weighted by molar-refractivity contribution is 6.15. The molecule has 4 heterocycles. The molecule has 1 N–H and O–H groups in total. The highest BCUT2D eigenvalue weighted by Crippen LogP contribution is 2.37. The van der Waals surface area contributed by atoms with Crippen molar-refractivity contribution in [3.63, 3.8) is 0 Å². The Morgan fingerprint density at radius 2 is 1.90 bits per heavy atom. The van der Waals surface area contributed by atoms with Gasteiger partial charge in [-0.15, -0.1) is 0 Å². The molecule has 8 nitrogen and oxygen atoms in total. The Labute approximate surface area is 235 Å². The summed E-state index contributed by atoms with van der Waals surface area (Å²) in [7, 11) is 1.71. The number of hydrogen-bond donors (Lipinski definition) is 1. The highest BCUT2D eigenvalue weighted by atomic mass is 19.4. The van der Waals surface area contributed by atoms with Crippen LogP contribution in [0.4, 0.5) is 28.9 Å². The molecule has 0 bridgehead atoms. The zero-order chi connectivity index (χ0) is 29.2. The van der Waals surface area contributed by atoms with Crippen molar-refractivity contribution in [3.8, 4) is 17.0 Å². The van der Waals surface area contributed by atoms with Crippen molar-refractivity contribution < 1.29 is 36.6 Å². The van der Waals surface area contributed by atoms with Crippen LogP contribution < -0.4 is 15.0 Å². The fourth-order valence-corrected chi connectivity index (χ4v) is 4.76. The van der Waals surface area contributed by atoms with Crippen LogP contribution in [0, 0.1) is 6.92 Å². The third-order valence-corrected chi connectivity index (χ3v) is 7.29. The number of rotatable bonds is 6. The number of aryl methyl sites for hydroxylation is 1. The maximum Gasteiger partial charge on any atom is 0.416 e. The Hall–Kier alpha value is -3.71. The summed E-state index contributed by atoms with van der Waals surface area (Å²) < 4.78 is 71.2. The highest BCUT2D eigenvalue weighted by Gasteiger charge is 2.41. The van der Waals surface area contributed by atoms with Crippen LogP contribution >= 0.6 is 0 Å². The first kappa shape index (κ1) is 28.8. The van der Waals surface area contributed by atoms with Crippen LogP contribution in [0.25, 0.3) is 11.1 Å². The minimum atomic E-state index is -4.57. The van der Waals surface area contributed by atoms with Gasteiger partial charge in [0.25, 0.3) is 5.91 Å². The molecule has 0 saturated carbocycles. The molecule has 2 aliphatic heterocycles. The molecule has 41 heavy (non-hydrogen) atoms. The van der Waals surface area contributed by atoms with E-state index in [9.17, 15) is 22.4 Å². The average Bonchev–Trinajstić information content (AvgIpc) is 2.96. The Morgan fingerprint density at radius 1 is 1.12 bits per heavy atom. The van der Waals surface area contributed by atoms with E-state index in [1.807, 2.05) is 6.07 Å². The monoisotopic (exact) mass is 572 g/mol. The molecule has 1 amide bonds. The second-order valence-electron chi connectivity index (χ2n) is 10.2. The summed E-state index contributed by atoms with van der Waals surface area (Å²) >= 11 is 0. The molecule has 13 heteroatoms. The van der Waals surface area contributed by atoms with E-state index in [1.165, 1.54) is 18.3 Å². The number of nitrogens with one attached hydrogen (secondary N) is 1. The molecular weight excluding hydrogens is 543 g/mol. The number of amides is 1. The molecule has 2 aromatic heterocycles. The van der Waals surface area contributed by atoms with Gasteiger partial charge in [0.2, 0.25) is 5.88 Å². The van der Waals surface area contributed by atoms with Crippen LogP contribution in [0.5, 0.6) is 5.88 Å². The third kappa shape index (κ3) is 6.46. The Kier molecular flexibility index (Phi) is 8.19. The van der Waals surface area contributed by atoms with E-state index >= 15 is 0 Å². The summed E-state index contributed by atoms with van der Waals surface area (Å²) in [6.07, 6.45) is -2.48. The molecular formula is C28H29BF4N4O4. The normalized spacial score (nSPS) is 21.4. The first-order chi connectivity index (χ1) is 19.5. The Morgan fingerprint density at radius 3 is 2.63 bits per heavy atom. The molecule has 0 radical (unpaired) electrons. The number of pyridine rings is 2. The summed E-state index contributed by atoms with van der Waals surface area (Å²) in [5.41, 5.74) is 0.802. The molecule has 3 aromatic rings. The molecule has 5 rings (SSSR count). The Bertz CT molecular complexity index is 1420. The van der Waals surface area contributed by atoms with Gasteiger partial charge in [-0.1, -0.05) is 6.07 Å². The lowest BCUT2D eigenvalue weighted by atomic mass is 9.74. The number of hydrogen-bond acceptors (Lipinski definition) is 7. The fourth-order valence-electron chi connectivity index (χ4n) is 4.76. The largest absolute Gasteiger partial charge is 0.476 e. The maximum atomic E-state index is 14.8. The quantitative estimate of drug-likeness (QED) is 0.353. The number of carbonyl (C=O) groups excluding carboxylic acids is 1. The smallest absolute Gasteiger partial charge is 0.416 e. The van der Waals surface area contributed by atoms with E-state index in [-0.39, 0.29) is 12.2 Å². The van der Waals surface area contributed by atoms with E-state index in [1.54, 1.807) is 27.0 Å². The molecule has 0 spiro atoms. The van der Waals surface area contributed by atoms with Crippen molar-refractivity contribution in [1.82, 2.24) is 9.97 Å². The number of nitrogens with zero attached hydrogens (tertiary/aromatic N) is 3. The number of carbonyl (C=O) groups is 1. The van der Waals surface area contributed by atoms with Gasteiger partial charge in [0.15, 0.2) is 14.0 Å². The number of aromatic nitrogens is 2. The number of benzene rings is 1. The third-order valence-electron chi connectivity index (χ3n) is 7.29. The minimum absolute atomic E-state index is 0.0503. The number of morpholine rings is 1. The summed E-state index contributed by atoms with van der Waals surface area (Å²) in [6, 6.07) is 7.77. The van der Waals surface area contributed by atoms with E-state index in [4.69, 9.17) is 14.2 Å². The van der Waals surface area contributed by atoms with E-state index < -0.39 is 29.3 Å². The van der Waals surface area contributed by atoms with Gasteiger partial charge in [-0.2, -0.15) is 13.2 Å². The molecule has 2 atom stereocenters. The van der Waals surface area contributed by atoms with Crippen molar-refractivity contribution in [2.45, 2.75) is 31.2 Å². The zero-order valence-electron chi connectivity index (χ0n) is 22.6. The van der Waals surface area contributed by atoms with Crippen LogP contribution in [-0.2, 0) is 15.7 Å². The standard InChI is InChI=1S/C28H29BF4N4O4/c1-17-22(13-21(15-34-17)36-25(38)18-3-2-4-20(11-18)28(31,32)33)19-12-23(37-6-9-39-10-7-37)26(35-14-19)41-27(29)5-8-40-16-24(27)30/h2-4,11-15,24H,5-10,16,29H2,1H3,(H,36,38). The van der Waals surface area contributed by atoms with Crippen LogP contribution in [0.1, 0.15) is 28.0 Å². The van der Waals surface area contributed by atoms with E-state index in [0.717, 1.165) is 12.1 Å². The van der Waals surface area contributed by atoms with Crippen LogP contribution in [0.2, 0.25) is 0 Å². The average molecular weight is 572 g/mol. The lowest BCUT2D eigenvalue weighted by Gasteiger charge is -2.38. The molecule has 1 aromatic carbocycles. The van der Waals surface area contributed by atoms with Crippen molar-refractivity contribution in [1.29, 1.82) is 0 Å². The number of ether oxygens (including phenoxy) is 3. The summed E-state index contributed by atoms with van der Waals surface area (Å²) in [5, 5.41) is 2.63. The molecule has 2 unspecified atom stereocenters. The number of alkyl halides is 4. The lowest BCUT2D eigenvalue weighted by Crippen LogP contribution is -2.52. The predicted octanol–water partition coefficient (Wildman–Crippen LogP) is 4.03. The molecule has 2 saturated heterocycles. The summed E-state index contributed by atoms with van der Waals surface area (Å²) in [6.45, 7) is 4.33. The van der Waals surface area contributed by atoms with Gasteiger partial charge in [-0.3, -0.25) is 9.78 Å². The second kappa shape index (κ2) is 11.7. The summed E-state index contributed by atoms with van der Waals surface area (Å²) in [5.74, 6) is -0.406. The van der Waals surface area contributed by atoms with E-state index in [0.29, 0.717) is 73.4 Å². The molecule has 216 valence electrons. The molecule has 0 aliphatic carbocycles. The Balaban J connectivity index is 1.45. The molecule has 2 aliphatic rings. The van der Waals surface area contributed by atoms with Gasteiger partial charge in [-0.05, 0) is 37.3 Å². The predicted molar refractivity (Wildman–Crippen MR) is 147 cm³/mol. The van der Waals surface area contributed by atoms with Crippen LogP contribution in [0.15, 0.2) is 48.8 Å². The van der Waals surface area contributed by atoms with Crippen LogP contribution in [0.3, 0.4) is 0 Å². The maximum absolute atomic E-state index is 14.8. The summed E-state index contributed by atoms with van der Waals surface area (Å²) in [4.78, 5) is 23.8. The first-order valence-corrected chi connectivity index (χ1v) is 13.2. The van der Waals surface area contributed by atoms with Crippen molar-refractivity contribution in [2.24, 2.45) is 0 Å². The number of halogens is 4. The van der Waals surface area contributed by atoms with Gasteiger partial charge in [0, 0.05) is 54.7 Å². The topological polar surface area (TPSA) is 85.8 Å². The zero-order valence-corrected chi connectivity index (χ0v) is 22.6. The number of anilines is 2. The van der Waals surface area contributed by atoms with Crippen LogP contribution in [-0.4, -0.2) is 74.9 Å². The SMILES string of the molecule is BC1(Oc2ncc(-c3cc(NC(=O)c4cccc(C(F)(F)F)c4)cnc3C)cc2N2CCOCC2)CCOCC1F. The molecule has 2 fully saturated rings. The van der Waals surface area contributed by atoms with Crippen molar-refractivity contribution in [3.05, 3.63) is 65.6 Å². The van der Waals surface area contributed by atoms with Crippen molar-refractivity contribution >= 4 is 25.1 Å². The second-order valence-corrected chi connectivity index (χ2v) is 10.2. The van der Waals surface area contributed by atoms with Gasteiger partial charge in [0.1, 0.15) is 11.2 Å². The van der Waals surface area contributed by atoms with Gasteiger partial charge in [0.05, 0.1) is 37.3 Å². The van der Waals surface area contributed by atoms with Gasteiger partial charge in [-0.25, -0.2) is 9.37 Å². The first-order valence-electron chi connectivity index (χ1n) is 13.2. The van der Waals surface area contributed by atoms with Gasteiger partial charge < -0.3 is 24.4 Å². The lowest BCUT2D eigenvalue weighted by molar-refractivity contribution is -0.137. The van der Waals surface area contributed by atoms with Crippen molar-refractivity contribution in [2.75, 3.05) is 49.7 Å². The van der Waals surface area contributed by atoms with E-state index in [2.05, 4.69) is 20.2 Å².